The Balaban J connectivity index is 1.87. The third kappa shape index (κ3) is 11.5. The number of carboxylic acids is 1. The summed E-state index contributed by atoms with van der Waals surface area (Å²) in [4.78, 5) is 49.4. The summed E-state index contributed by atoms with van der Waals surface area (Å²) in [5.41, 5.74) is 0.241. The predicted molar refractivity (Wildman–Crippen MR) is 144 cm³/mol. The number of rotatable bonds is 12. The van der Waals surface area contributed by atoms with Crippen molar-refractivity contribution < 1.29 is 29.0 Å². The molecule has 1 saturated carbocycles. The van der Waals surface area contributed by atoms with Crippen LogP contribution < -0.4 is 16.0 Å². The van der Waals surface area contributed by atoms with Crippen molar-refractivity contribution in [3.63, 3.8) is 0 Å². The number of thioether (sulfide) groups is 1. The monoisotopic (exact) mass is 535 g/mol. The first kappa shape index (κ1) is 30.5. The summed E-state index contributed by atoms with van der Waals surface area (Å²) < 4.78 is 5.34. The molecule has 1 aromatic carbocycles. The first-order valence-electron chi connectivity index (χ1n) is 12.8. The molecule has 9 nitrogen and oxygen atoms in total. The zero-order valence-electron chi connectivity index (χ0n) is 22.2. The molecule has 1 aliphatic carbocycles. The third-order valence-electron chi connectivity index (χ3n) is 6.30. The molecule has 1 aromatic rings. The third-order valence-corrected chi connectivity index (χ3v) is 6.94. The number of ether oxygens (including phenoxy) is 1. The highest BCUT2D eigenvalue weighted by Gasteiger charge is 2.30. The maximum atomic E-state index is 13.0. The van der Waals surface area contributed by atoms with Gasteiger partial charge in [-0.25, -0.2) is 9.59 Å². The van der Waals surface area contributed by atoms with Crippen LogP contribution in [0.25, 0.3) is 0 Å². The van der Waals surface area contributed by atoms with E-state index in [-0.39, 0.29) is 23.7 Å². The fraction of sp³-hybridized carbons (Fsp3) is 0.630. The van der Waals surface area contributed by atoms with Gasteiger partial charge in [0.25, 0.3) is 0 Å². The van der Waals surface area contributed by atoms with E-state index in [0.717, 1.165) is 18.4 Å². The minimum absolute atomic E-state index is 0.207. The molecule has 0 heterocycles. The van der Waals surface area contributed by atoms with E-state index in [4.69, 9.17) is 4.74 Å². The zero-order chi connectivity index (χ0) is 27.4. The molecule has 0 radical (unpaired) electrons. The number of hydrogen-bond acceptors (Lipinski definition) is 6. The molecule has 4 N–H and O–H groups in total. The molecule has 1 fully saturated rings. The Morgan fingerprint density at radius 2 is 1.68 bits per heavy atom. The average molecular weight is 536 g/mol. The summed E-state index contributed by atoms with van der Waals surface area (Å²) in [5, 5.41) is 17.7. The fourth-order valence-corrected chi connectivity index (χ4v) is 4.76. The lowest BCUT2D eigenvalue weighted by atomic mass is 9.81. The van der Waals surface area contributed by atoms with Crippen molar-refractivity contribution in [1.29, 1.82) is 0 Å². The SMILES string of the molecule is CSCC[C@@H](NC(=O)C1CCC(CNC(=O)[C@H](Cc2ccccc2)NC(=O)OC(C)(C)C)CC1)C(=O)O. The highest BCUT2D eigenvalue weighted by Crippen LogP contribution is 2.28. The summed E-state index contributed by atoms with van der Waals surface area (Å²) in [5.74, 6) is -0.851. The number of benzene rings is 1. The molecule has 0 aromatic heterocycles. The number of alkyl carbamates (subject to hydrolysis) is 1. The molecule has 0 aliphatic heterocycles. The van der Waals surface area contributed by atoms with E-state index in [1.807, 2.05) is 36.6 Å². The van der Waals surface area contributed by atoms with Crippen LogP contribution in [0.2, 0.25) is 0 Å². The second-order valence-electron chi connectivity index (χ2n) is 10.5. The highest BCUT2D eigenvalue weighted by molar-refractivity contribution is 7.98. The first-order chi connectivity index (χ1) is 17.5. The first-order valence-corrected chi connectivity index (χ1v) is 14.2. The molecule has 3 amide bonds. The molecular weight excluding hydrogens is 494 g/mol. The number of nitrogens with one attached hydrogen (secondary N) is 3. The van der Waals surface area contributed by atoms with Crippen molar-refractivity contribution >= 4 is 35.6 Å². The van der Waals surface area contributed by atoms with Crippen molar-refractivity contribution in [2.45, 2.75) is 77.0 Å². The summed E-state index contributed by atoms with van der Waals surface area (Å²) >= 11 is 1.55. The van der Waals surface area contributed by atoms with E-state index in [9.17, 15) is 24.3 Å². The number of amides is 3. The lowest BCUT2D eigenvalue weighted by molar-refractivity contribution is -0.142. The molecule has 1 aliphatic rings. The van der Waals surface area contributed by atoms with Crippen LogP contribution in [0.15, 0.2) is 30.3 Å². The van der Waals surface area contributed by atoms with Gasteiger partial charge in [0.05, 0.1) is 0 Å². The number of hydrogen-bond donors (Lipinski definition) is 4. The predicted octanol–water partition coefficient (Wildman–Crippen LogP) is 3.37. The molecule has 0 spiro atoms. The van der Waals surface area contributed by atoms with Gasteiger partial charge < -0.3 is 25.8 Å². The lowest BCUT2D eigenvalue weighted by Crippen LogP contribution is -2.50. The summed E-state index contributed by atoms with van der Waals surface area (Å²) in [6, 6.07) is 7.81. The summed E-state index contributed by atoms with van der Waals surface area (Å²) in [6.45, 7) is 5.74. The largest absolute Gasteiger partial charge is 0.480 e. The van der Waals surface area contributed by atoms with Crippen LogP contribution in [-0.4, -0.2) is 65.2 Å². The quantitative estimate of drug-likeness (QED) is 0.322. The Morgan fingerprint density at radius 3 is 2.24 bits per heavy atom. The van der Waals surface area contributed by atoms with Gasteiger partial charge in [-0.05, 0) is 76.4 Å². The van der Waals surface area contributed by atoms with Crippen molar-refractivity contribution in [3.05, 3.63) is 35.9 Å². The van der Waals surface area contributed by atoms with Crippen LogP contribution in [0.5, 0.6) is 0 Å². The van der Waals surface area contributed by atoms with Crippen LogP contribution in [-0.2, 0) is 25.5 Å². The molecule has 2 atom stereocenters. The summed E-state index contributed by atoms with van der Waals surface area (Å²) in [7, 11) is 0. The molecule has 0 unspecified atom stereocenters. The van der Waals surface area contributed by atoms with Crippen LogP contribution >= 0.6 is 11.8 Å². The molecule has 37 heavy (non-hydrogen) atoms. The van der Waals surface area contributed by atoms with E-state index in [1.54, 1.807) is 32.5 Å². The Kier molecular flexibility index (Phi) is 12.2. The van der Waals surface area contributed by atoms with Crippen LogP contribution in [0.3, 0.4) is 0 Å². The van der Waals surface area contributed by atoms with E-state index >= 15 is 0 Å². The van der Waals surface area contributed by atoms with E-state index in [0.29, 0.717) is 38.0 Å². The van der Waals surface area contributed by atoms with Gasteiger partial charge in [-0.15, -0.1) is 0 Å². The fourth-order valence-electron chi connectivity index (χ4n) is 4.29. The van der Waals surface area contributed by atoms with Crippen molar-refractivity contribution in [1.82, 2.24) is 16.0 Å². The smallest absolute Gasteiger partial charge is 0.408 e. The Hall–Kier alpha value is -2.75. The topological polar surface area (TPSA) is 134 Å². The Morgan fingerprint density at radius 1 is 1.03 bits per heavy atom. The minimum atomic E-state index is -1.01. The van der Waals surface area contributed by atoms with Crippen LogP contribution in [0.4, 0.5) is 4.79 Å². The van der Waals surface area contributed by atoms with Crippen molar-refractivity contribution in [2.75, 3.05) is 18.6 Å². The average Bonchev–Trinajstić information content (AvgIpc) is 2.84. The van der Waals surface area contributed by atoms with Gasteiger partial charge in [-0.2, -0.15) is 11.8 Å². The number of carbonyl (C=O) groups excluding carboxylic acids is 3. The normalized spacial score (nSPS) is 19.2. The summed E-state index contributed by atoms with van der Waals surface area (Å²) in [6.07, 6.45) is 4.78. The second kappa shape index (κ2) is 14.9. The standard InChI is InChI=1S/C27H41N3O6S/c1-27(2,3)36-26(35)30-22(16-18-8-6-5-7-9-18)24(32)28-17-19-10-12-20(13-11-19)23(31)29-21(25(33)34)14-15-37-4/h5-9,19-22H,10-17H2,1-4H3,(H,28,32)(H,29,31)(H,30,35)(H,33,34)/t19?,20?,21-,22+/m1/s1. The molecule has 10 heteroatoms. The van der Waals surface area contributed by atoms with Crippen LogP contribution in [0.1, 0.15) is 58.4 Å². The Bertz CT molecular complexity index is 897. The van der Waals surface area contributed by atoms with Gasteiger partial charge in [-0.1, -0.05) is 30.3 Å². The van der Waals surface area contributed by atoms with E-state index in [2.05, 4.69) is 16.0 Å². The maximum absolute atomic E-state index is 13.0. The van der Waals surface area contributed by atoms with Gasteiger partial charge in [0.2, 0.25) is 11.8 Å². The van der Waals surface area contributed by atoms with Gasteiger partial charge >= 0.3 is 12.1 Å². The zero-order valence-corrected chi connectivity index (χ0v) is 23.1. The number of carboxylic acid groups (broad SMARTS) is 1. The van der Waals surface area contributed by atoms with Crippen molar-refractivity contribution in [3.8, 4) is 0 Å². The van der Waals surface area contributed by atoms with Crippen molar-refractivity contribution in [2.24, 2.45) is 11.8 Å². The maximum Gasteiger partial charge on any atom is 0.408 e. The van der Waals surface area contributed by atoms with Gasteiger partial charge in [0.1, 0.15) is 17.7 Å². The van der Waals surface area contributed by atoms with E-state index in [1.165, 1.54) is 0 Å². The minimum Gasteiger partial charge on any atom is -0.480 e. The number of aliphatic carboxylic acids is 1. The number of carbonyl (C=O) groups is 4. The highest BCUT2D eigenvalue weighted by atomic mass is 32.2. The second-order valence-corrected chi connectivity index (χ2v) is 11.5. The molecule has 0 bridgehead atoms. The van der Waals surface area contributed by atoms with Crippen LogP contribution in [0, 0.1) is 11.8 Å². The van der Waals surface area contributed by atoms with E-state index < -0.39 is 29.7 Å². The molecular formula is C27H41N3O6S. The lowest BCUT2D eigenvalue weighted by Gasteiger charge is -2.29. The van der Waals surface area contributed by atoms with Gasteiger partial charge in [0, 0.05) is 18.9 Å². The molecule has 0 saturated heterocycles. The Labute approximate surface area is 223 Å². The molecule has 206 valence electrons. The van der Waals surface area contributed by atoms with Gasteiger partial charge in [0.15, 0.2) is 0 Å². The molecule has 2 rings (SSSR count). The van der Waals surface area contributed by atoms with Gasteiger partial charge in [-0.3, -0.25) is 9.59 Å².